The quantitative estimate of drug-likeness (QED) is 0.472. The van der Waals surface area contributed by atoms with E-state index in [9.17, 15) is 0 Å². The molecule has 0 unspecified atom stereocenters. The Kier molecular flexibility index (Phi) is 11.3. The van der Waals surface area contributed by atoms with Gasteiger partial charge in [0.05, 0.1) is 0 Å². The van der Waals surface area contributed by atoms with Crippen LogP contribution in [0.25, 0.3) is 0 Å². The molecule has 0 aliphatic heterocycles. The molecule has 0 saturated heterocycles. The molecule has 0 bridgehead atoms. The van der Waals surface area contributed by atoms with Crippen molar-refractivity contribution >= 4 is 34.0 Å². The Morgan fingerprint density at radius 2 is 0.467 bits per heavy atom. The monoisotopic (exact) mass is 514 g/mol. The maximum absolute atomic E-state index is 2.21. The fourth-order valence-corrected chi connectivity index (χ4v) is 1.69. The second kappa shape index (κ2) is 7.99. The van der Waals surface area contributed by atoms with Gasteiger partial charge >= 0.3 is 0 Å². The summed E-state index contributed by atoms with van der Waals surface area (Å²) in [6.07, 6.45) is 0. The first-order valence-electron chi connectivity index (χ1n) is 4.50. The molecule has 0 saturated carbocycles. The van der Waals surface area contributed by atoms with E-state index in [1.807, 2.05) is 0 Å². The maximum atomic E-state index is 2.21. The minimum Gasteiger partial charge on any atom is -0.114 e. The number of hydrogen-bond acceptors (Lipinski definition) is 0. The normalized spacial score (nSPS) is 8.40. The van der Waals surface area contributed by atoms with Crippen molar-refractivity contribution in [3.63, 3.8) is 0 Å². The van der Waals surface area contributed by atoms with E-state index in [-0.39, 0.29) is 53.8 Å². The molecule has 3 heteroatoms. The zero-order chi connectivity index (χ0) is 9.46. The van der Waals surface area contributed by atoms with Crippen LogP contribution in [0.4, 0.5) is 0 Å². The van der Waals surface area contributed by atoms with E-state index < -0.39 is 0 Å². The molecular formula is C12H20Br2Os. The van der Waals surface area contributed by atoms with E-state index in [1.54, 1.807) is 0 Å². The number of hydrogen-bond donors (Lipinski definition) is 0. The molecule has 0 fully saturated rings. The molecule has 0 nitrogen and oxygen atoms in total. The van der Waals surface area contributed by atoms with Gasteiger partial charge in [0.25, 0.3) is 0 Å². The van der Waals surface area contributed by atoms with Gasteiger partial charge in [-0.05, 0) is 74.9 Å². The molecule has 1 aromatic carbocycles. The second-order valence-electron chi connectivity index (χ2n) is 3.75. The summed E-state index contributed by atoms with van der Waals surface area (Å²) in [6.45, 7) is 13.3. The van der Waals surface area contributed by atoms with Crippen molar-refractivity contribution in [3.05, 3.63) is 33.4 Å². The van der Waals surface area contributed by atoms with E-state index in [0.717, 1.165) is 0 Å². The first kappa shape index (κ1) is 21.1. The predicted octanol–water partition coefficient (Wildman–Crippen LogP) is 4.69. The Labute approximate surface area is 128 Å². The van der Waals surface area contributed by atoms with Crippen molar-refractivity contribution in [2.75, 3.05) is 0 Å². The fourth-order valence-electron chi connectivity index (χ4n) is 1.69. The molecule has 0 aliphatic carbocycles. The van der Waals surface area contributed by atoms with Crippen LogP contribution in [0.1, 0.15) is 33.4 Å². The van der Waals surface area contributed by atoms with Crippen molar-refractivity contribution in [2.45, 2.75) is 41.5 Å². The minimum absolute atomic E-state index is 0. The largest absolute Gasteiger partial charge is 0.114 e. The molecule has 0 heterocycles. The topological polar surface area (TPSA) is 0 Å². The molecule has 0 atom stereocenters. The van der Waals surface area contributed by atoms with Crippen LogP contribution in [-0.4, -0.2) is 0 Å². The van der Waals surface area contributed by atoms with Gasteiger partial charge in [0.15, 0.2) is 0 Å². The van der Waals surface area contributed by atoms with E-state index in [4.69, 9.17) is 0 Å². The summed E-state index contributed by atoms with van der Waals surface area (Å²) in [5.74, 6) is 0. The Morgan fingerprint density at radius 1 is 0.400 bits per heavy atom. The molecule has 0 radical (unpaired) electrons. The van der Waals surface area contributed by atoms with Crippen molar-refractivity contribution < 1.29 is 19.8 Å². The van der Waals surface area contributed by atoms with Gasteiger partial charge in [0.1, 0.15) is 0 Å². The SMILES string of the molecule is Br.Br.Cc1c(C)c(C)c(C)c(C)c1C.[Os]. The van der Waals surface area contributed by atoms with Crippen LogP contribution in [0.3, 0.4) is 0 Å². The second-order valence-corrected chi connectivity index (χ2v) is 3.75. The molecule has 15 heavy (non-hydrogen) atoms. The van der Waals surface area contributed by atoms with Gasteiger partial charge in [-0.25, -0.2) is 0 Å². The van der Waals surface area contributed by atoms with Crippen molar-refractivity contribution in [1.29, 1.82) is 0 Å². The Bertz CT molecular complexity index is 228. The van der Waals surface area contributed by atoms with Gasteiger partial charge in [-0.3, -0.25) is 0 Å². The zero-order valence-electron chi connectivity index (χ0n) is 10.2. The zero-order valence-corrected chi connectivity index (χ0v) is 16.1. The molecule has 0 N–H and O–H groups in total. The van der Waals surface area contributed by atoms with E-state index in [0.29, 0.717) is 0 Å². The Morgan fingerprint density at radius 3 is 0.533 bits per heavy atom. The van der Waals surface area contributed by atoms with Crippen LogP contribution < -0.4 is 0 Å². The molecule has 0 spiro atoms. The third kappa shape index (κ3) is 3.95. The summed E-state index contributed by atoms with van der Waals surface area (Å²) in [7, 11) is 0. The first-order chi connectivity index (χ1) is 5.46. The Balaban J connectivity index is -0.000000480. The molecule has 1 rings (SSSR count). The first-order valence-corrected chi connectivity index (χ1v) is 4.50. The number of halogens is 2. The average molecular weight is 514 g/mol. The fraction of sp³-hybridized carbons (Fsp3) is 0.500. The van der Waals surface area contributed by atoms with Gasteiger partial charge < -0.3 is 0 Å². The molecule has 0 aliphatic rings. The van der Waals surface area contributed by atoms with Gasteiger partial charge in [-0.15, -0.1) is 34.0 Å². The summed E-state index contributed by atoms with van der Waals surface area (Å²) in [5, 5.41) is 0. The molecule has 0 aromatic heterocycles. The third-order valence-corrected chi connectivity index (χ3v) is 3.38. The summed E-state index contributed by atoms with van der Waals surface area (Å²) >= 11 is 0. The van der Waals surface area contributed by atoms with E-state index >= 15 is 0 Å². The standard InChI is InChI=1S/C12H18.2BrH.Os/c1-7-8(2)10(4)12(6)11(5)9(7)3;;;/h1-6H3;2*1H;. The summed E-state index contributed by atoms with van der Waals surface area (Å²) in [5.41, 5.74) is 8.73. The van der Waals surface area contributed by atoms with Crippen LogP contribution in [0, 0.1) is 41.5 Å². The van der Waals surface area contributed by atoms with Gasteiger partial charge in [-0.2, -0.15) is 0 Å². The third-order valence-electron chi connectivity index (χ3n) is 3.38. The maximum Gasteiger partial charge on any atom is 0 e. The van der Waals surface area contributed by atoms with Crippen LogP contribution in [0.15, 0.2) is 0 Å². The van der Waals surface area contributed by atoms with Crippen molar-refractivity contribution in [1.82, 2.24) is 0 Å². The van der Waals surface area contributed by atoms with Crippen LogP contribution in [-0.2, 0) is 19.8 Å². The van der Waals surface area contributed by atoms with E-state index in [2.05, 4.69) is 41.5 Å². The Hall–Kier alpha value is 0.816. The number of benzene rings is 1. The van der Waals surface area contributed by atoms with Gasteiger partial charge in [0.2, 0.25) is 0 Å². The molecule has 0 amide bonds. The van der Waals surface area contributed by atoms with Gasteiger partial charge in [-0.1, -0.05) is 0 Å². The molecule has 1 aromatic rings. The predicted molar refractivity (Wildman–Crippen MR) is 75.5 cm³/mol. The minimum atomic E-state index is 0. The molecular weight excluding hydrogens is 494 g/mol. The number of rotatable bonds is 0. The summed E-state index contributed by atoms with van der Waals surface area (Å²) in [4.78, 5) is 0. The molecule has 90 valence electrons. The van der Waals surface area contributed by atoms with Crippen LogP contribution in [0.5, 0.6) is 0 Å². The van der Waals surface area contributed by atoms with Crippen LogP contribution in [0.2, 0.25) is 0 Å². The van der Waals surface area contributed by atoms with Gasteiger partial charge in [0, 0.05) is 19.8 Å². The van der Waals surface area contributed by atoms with Crippen LogP contribution >= 0.6 is 34.0 Å². The van der Waals surface area contributed by atoms with Crippen molar-refractivity contribution in [3.8, 4) is 0 Å². The smallest absolute Gasteiger partial charge is 0 e. The average Bonchev–Trinajstić information content (AvgIpc) is 2.08. The summed E-state index contributed by atoms with van der Waals surface area (Å²) in [6, 6.07) is 0. The van der Waals surface area contributed by atoms with E-state index in [1.165, 1.54) is 33.4 Å². The van der Waals surface area contributed by atoms with Crippen molar-refractivity contribution in [2.24, 2.45) is 0 Å². The summed E-state index contributed by atoms with van der Waals surface area (Å²) < 4.78 is 0.